The molecular formula is C41H80N2O6P+. The molecule has 0 radical (unpaired) electrons. The fraction of sp³-hybridized carbons (Fsp3) is 0.829. The first-order valence-electron chi connectivity index (χ1n) is 20.4. The molecule has 3 unspecified atom stereocenters. The van der Waals surface area contributed by atoms with Crippen LogP contribution in [-0.2, 0) is 18.4 Å². The smallest absolute Gasteiger partial charge is 0.387 e. The Hall–Kier alpha value is -1.28. The topological polar surface area (TPSA) is 105 Å². The van der Waals surface area contributed by atoms with Gasteiger partial charge >= 0.3 is 7.82 Å². The number of aliphatic hydroxyl groups is 1. The Kier molecular flexibility index (Phi) is 32.7. The second-order valence-electron chi connectivity index (χ2n) is 15.0. The van der Waals surface area contributed by atoms with Gasteiger partial charge in [-0.3, -0.25) is 13.8 Å². The Labute approximate surface area is 308 Å². The Balaban J connectivity index is 4.42. The highest BCUT2D eigenvalue weighted by Crippen LogP contribution is 2.43. The zero-order chi connectivity index (χ0) is 37.2. The van der Waals surface area contributed by atoms with E-state index in [1.807, 2.05) is 27.2 Å². The van der Waals surface area contributed by atoms with E-state index in [1.54, 1.807) is 6.08 Å². The molecule has 1 amide bonds. The van der Waals surface area contributed by atoms with E-state index < -0.39 is 20.0 Å². The van der Waals surface area contributed by atoms with Gasteiger partial charge in [-0.05, 0) is 44.9 Å². The van der Waals surface area contributed by atoms with Gasteiger partial charge in [0.05, 0.1) is 39.9 Å². The van der Waals surface area contributed by atoms with Crippen molar-refractivity contribution < 1.29 is 32.9 Å². The summed E-state index contributed by atoms with van der Waals surface area (Å²) in [6.07, 6.45) is 39.5. The number of carbonyl (C=O) groups is 1. The van der Waals surface area contributed by atoms with Crippen LogP contribution >= 0.6 is 7.82 Å². The number of unbranched alkanes of at least 4 members (excludes halogenated alkanes) is 19. The van der Waals surface area contributed by atoms with Gasteiger partial charge in [0.1, 0.15) is 13.2 Å². The number of allylic oxidation sites excluding steroid dienone is 5. The van der Waals surface area contributed by atoms with E-state index in [0.717, 1.165) is 44.9 Å². The first kappa shape index (κ1) is 48.7. The van der Waals surface area contributed by atoms with Crippen LogP contribution in [0.1, 0.15) is 168 Å². The van der Waals surface area contributed by atoms with Crippen molar-refractivity contribution in [2.75, 3.05) is 40.9 Å². The summed E-state index contributed by atoms with van der Waals surface area (Å²) in [5, 5.41) is 13.7. The van der Waals surface area contributed by atoms with Gasteiger partial charge in [0.2, 0.25) is 5.91 Å². The molecule has 3 N–H and O–H groups in total. The summed E-state index contributed by atoms with van der Waals surface area (Å²) < 4.78 is 23.4. The summed E-state index contributed by atoms with van der Waals surface area (Å²) in [4.78, 5) is 22.9. The van der Waals surface area contributed by atoms with Crippen molar-refractivity contribution in [2.24, 2.45) is 0 Å². The summed E-state index contributed by atoms with van der Waals surface area (Å²) in [5.74, 6) is -0.200. The largest absolute Gasteiger partial charge is 0.472 e. The van der Waals surface area contributed by atoms with Crippen LogP contribution in [0.4, 0.5) is 0 Å². The van der Waals surface area contributed by atoms with Crippen LogP contribution in [0.25, 0.3) is 0 Å². The third kappa shape index (κ3) is 35.1. The normalized spacial score (nSPS) is 14.9. The van der Waals surface area contributed by atoms with Gasteiger partial charge in [-0.1, -0.05) is 153 Å². The van der Waals surface area contributed by atoms with Gasteiger partial charge < -0.3 is 19.8 Å². The van der Waals surface area contributed by atoms with Crippen molar-refractivity contribution >= 4 is 13.7 Å². The quantitative estimate of drug-likeness (QED) is 0.0257. The molecule has 0 aromatic carbocycles. The number of hydrogen-bond donors (Lipinski definition) is 3. The van der Waals surface area contributed by atoms with Crippen molar-refractivity contribution in [2.45, 2.75) is 180 Å². The minimum Gasteiger partial charge on any atom is -0.387 e. The molecule has 0 aliphatic heterocycles. The number of phosphoric ester groups is 1. The predicted octanol–water partition coefficient (Wildman–Crippen LogP) is 10.7. The number of aliphatic hydroxyl groups excluding tert-OH is 1. The van der Waals surface area contributed by atoms with Gasteiger partial charge in [0, 0.05) is 6.42 Å². The summed E-state index contributed by atoms with van der Waals surface area (Å²) >= 11 is 0. The van der Waals surface area contributed by atoms with Crippen molar-refractivity contribution in [3.05, 3.63) is 36.5 Å². The molecule has 0 aliphatic rings. The van der Waals surface area contributed by atoms with Crippen LogP contribution in [-0.4, -0.2) is 73.4 Å². The second-order valence-corrected chi connectivity index (χ2v) is 16.5. The molecule has 0 heterocycles. The molecule has 294 valence electrons. The van der Waals surface area contributed by atoms with Crippen LogP contribution in [0.15, 0.2) is 36.5 Å². The average Bonchev–Trinajstić information content (AvgIpc) is 3.06. The van der Waals surface area contributed by atoms with E-state index in [4.69, 9.17) is 9.05 Å². The molecule has 50 heavy (non-hydrogen) atoms. The Morgan fingerprint density at radius 1 is 0.660 bits per heavy atom. The number of phosphoric acid groups is 1. The lowest BCUT2D eigenvalue weighted by Gasteiger charge is -2.25. The van der Waals surface area contributed by atoms with E-state index in [1.165, 1.54) is 103 Å². The van der Waals surface area contributed by atoms with Gasteiger partial charge in [-0.15, -0.1) is 0 Å². The number of amides is 1. The molecule has 0 aromatic heterocycles. The first-order chi connectivity index (χ1) is 24.0. The van der Waals surface area contributed by atoms with Gasteiger partial charge in [0.25, 0.3) is 0 Å². The van der Waals surface area contributed by atoms with Gasteiger partial charge in [0.15, 0.2) is 0 Å². The van der Waals surface area contributed by atoms with E-state index in [0.29, 0.717) is 17.4 Å². The first-order valence-corrected chi connectivity index (χ1v) is 21.9. The van der Waals surface area contributed by atoms with E-state index in [2.05, 4.69) is 43.5 Å². The fourth-order valence-corrected chi connectivity index (χ4v) is 6.28. The lowest BCUT2D eigenvalue weighted by molar-refractivity contribution is -0.870. The van der Waals surface area contributed by atoms with Crippen molar-refractivity contribution in [1.29, 1.82) is 0 Å². The van der Waals surface area contributed by atoms with Crippen molar-refractivity contribution in [1.82, 2.24) is 5.32 Å². The Morgan fingerprint density at radius 3 is 1.60 bits per heavy atom. The lowest BCUT2D eigenvalue weighted by Crippen LogP contribution is -2.45. The molecule has 0 aromatic rings. The van der Waals surface area contributed by atoms with Crippen LogP contribution in [0.5, 0.6) is 0 Å². The highest BCUT2D eigenvalue weighted by atomic mass is 31.2. The molecular weight excluding hydrogens is 647 g/mol. The van der Waals surface area contributed by atoms with E-state index in [9.17, 15) is 19.4 Å². The molecule has 0 saturated heterocycles. The maximum absolute atomic E-state index is 12.7. The van der Waals surface area contributed by atoms with Gasteiger partial charge in [-0.2, -0.15) is 0 Å². The SMILES string of the molecule is CCCCCCCCCCCCC/C=C/CC/C=C/CC/C=C/C(O)C(COP(=O)(O)OCC[N+](C)(C)C)NC(=O)CCCCCCCCC. The number of hydrogen-bond acceptors (Lipinski definition) is 5. The molecule has 0 spiro atoms. The monoisotopic (exact) mass is 728 g/mol. The molecule has 0 aliphatic carbocycles. The number of likely N-dealkylation sites (N-methyl/N-ethyl adjacent to an activating group) is 1. The predicted molar refractivity (Wildman–Crippen MR) is 212 cm³/mol. The summed E-state index contributed by atoms with van der Waals surface area (Å²) in [5.41, 5.74) is 0. The minimum atomic E-state index is -4.33. The van der Waals surface area contributed by atoms with Crippen molar-refractivity contribution in [3.8, 4) is 0 Å². The zero-order valence-corrected chi connectivity index (χ0v) is 34.0. The minimum absolute atomic E-state index is 0.0538. The lowest BCUT2D eigenvalue weighted by atomic mass is 10.1. The van der Waals surface area contributed by atoms with Crippen molar-refractivity contribution in [3.63, 3.8) is 0 Å². The molecule has 0 fully saturated rings. The van der Waals surface area contributed by atoms with E-state index in [-0.39, 0.29) is 19.1 Å². The van der Waals surface area contributed by atoms with Crippen LogP contribution in [0.3, 0.4) is 0 Å². The number of rotatable bonds is 36. The van der Waals surface area contributed by atoms with Gasteiger partial charge in [-0.25, -0.2) is 4.57 Å². The third-order valence-corrected chi connectivity index (χ3v) is 9.82. The zero-order valence-electron chi connectivity index (χ0n) is 33.1. The molecule has 0 rings (SSSR count). The standard InChI is InChI=1S/C41H79N2O6P/c1-6-8-10-12-14-15-16-17-18-19-20-21-22-23-24-25-26-27-29-30-32-34-40(44)39(38-49-50(46,47)48-37-36-43(3,4)5)42-41(45)35-33-31-28-13-11-9-7-2/h22-23,26-27,32,34,39-40,44H,6-21,24-25,28-31,33,35-38H2,1-5H3,(H-,42,45,46,47)/p+1/b23-22+,27-26+,34-32+. The maximum atomic E-state index is 12.7. The highest BCUT2D eigenvalue weighted by molar-refractivity contribution is 7.47. The Bertz CT molecular complexity index is 917. The van der Waals surface area contributed by atoms with Crippen LogP contribution < -0.4 is 5.32 Å². The Morgan fingerprint density at radius 2 is 1.10 bits per heavy atom. The average molecular weight is 728 g/mol. The van der Waals surface area contributed by atoms with Crippen LogP contribution in [0.2, 0.25) is 0 Å². The maximum Gasteiger partial charge on any atom is 0.472 e. The number of nitrogens with one attached hydrogen (secondary N) is 1. The molecule has 0 saturated carbocycles. The molecule has 0 bridgehead atoms. The number of nitrogens with zero attached hydrogens (tertiary/aromatic N) is 1. The molecule has 9 heteroatoms. The number of quaternary nitrogens is 1. The summed E-state index contributed by atoms with van der Waals surface area (Å²) in [6, 6.07) is -0.863. The highest BCUT2D eigenvalue weighted by Gasteiger charge is 2.27. The number of carbonyl (C=O) groups excluding carboxylic acids is 1. The second kappa shape index (κ2) is 33.5. The molecule has 3 atom stereocenters. The van der Waals surface area contributed by atoms with Crippen LogP contribution in [0, 0.1) is 0 Å². The summed E-state index contributed by atoms with van der Waals surface area (Å²) in [6.45, 7) is 4.72. The molecule has 8 nitrogen and oxygen atoms in total. The van der Waals surface area contributed by atoms with E-state index >= 15 is 0 Å². The summed E-state index contributed by atoms with van der Waals surface area (Å²) in [7, 11) is 1.54. The fourth-order valence-electron chi connectivity index (χ4n) is 5.54. The third-order valence-electron chi connectivity index (χ3n) is 8.84.